The highest BCUT2D eigenvalue weighted by molar-refractivity contribution is 7.26. The average molecular weight is 710 g/mol. The second-order valence-corrected chi connectivity index (χ2v) is 15.0. The first-order valence-corrected chi connectivity index (χ1v) is 19.2. The summed E-state index contributed by atoms with van der Waals surface area (Å²) in [4.78, 5) is 15.4. The van der Waals surface area contributed by atoms with Gasteiger partial charge in [0.1, 0.15) is 0 Å². The molecule has 3 aromatic heterocycles. The number of nitrogens with zero attached hydrogens (tertiary/aromatic N) is 3. The van der Waals surface area contributed by atoms with E-state index in [9.17, 15) is 0 Å². The maximum absolute atomic E-state index is 5.28. The van der Waals surface area contributed by atoms with E-state index in [2.05, 4.69) is 152 Å². The molecule has 10 rings (SSSR count). The van der Waals surface area contributed by atoms with Gasteiger partial charge in [-0.05, 0) is 82.2 Å². The molecule has 0 spiro atoms. The van der Waals surface area contributed by atoms with Crippen molar-refractivity contribution in [2.45, 2.75) is 6.42 Å². The first-order valence-electron chi connectivity index (χ1n) is 18.4. The molecular weight excluding hydrogens is 675 g/mol. The van der Waals surface area contributed by atoms with Crippen LogP contribution in [0, 0.1) is 11.8 Å². The molecule has 0 aliphatic heterocycles. The number of allylic oxidation sites excluding steroid dienone is 13. The summed E-state index contributed by atoms with van der Waals surface area (Å²) in [5.74, 6) is 1.45. The lowest BCUT2D eigenvalue weighted by Crippen LogP contribution is -2.16. The van der Waals surface area contributed by atoms with Crippen LogP contribution < -0.4 is 0 Å². The predicted octanol–water partition coefficient (Wildman–Crippen LogP) is 13.0. The molecule has 3 nitrogen and oxygen atoms in total. The van der Waals surface area contributed by atoms with E-state index in [1.165, 1.54) is 37.1 Å². The fourth-order valence-corrected chi connectivity index (χ4v) is 9.50. The second kappa shape index (κ2) is 13.5. The fraction of sp³-hybridized carbons (Fsp3) is 0.0600. The number of aromatic nitrogens is 3. The molecular formula is C50H35N3S. The van der Waals surface area contributed by atoms with Crippen LogP contribution in [-0.2, 0) is 0 Å². The highest BCUT2D eigenvalue weighted by atomic mass is 32.1. The predicted molar refractivity (Wildman–Crippen MR) is 227 cm³/mol. The summed E-state index contributed by atoms with van der Waals surface area (Å²) >= 11 is 1.80. The third kappa shape index (κ3) is 5.63. The lowest BCUT2D eigenvalue weighted by atomic mass is 9.74. The van der Waals surface area contributed by atoms with Gasteiger partial charge in [0.2, 0.25) is 0 Å². The monoisotopic (exact) mass is 709 g/mol. The Balaban J connectivity index is 1.21. The van der Waals surface area contributed by atoms with E-state index in [1.54, 1.807) is 11.3 Å². The van der Waals surface area contributed by atoms with Gasteiger partial charge >= 0.3 is 0 Å². The molecule has 0 bridgehead atoms. The SMILES string of the molecule is C=C/C=C\C=C1/CC2C=CC=C3C(c4cc(-c5nc(-c6ccccc6)cc(-c6ccccc6)n5)cc(-c5ccnc6c5sc5ccccc56)c4)=CC=C1C32. The summed E-state index contributed by atoms with van der Waals surface area (Å²) in [7, 11) is 0. The summed E-state index contributed by atoms with van der Waals surface area (Å²) < 4.78 is 2.42. The number of thiophene rings is 1. The van der Waals surface area contributed by atoms with Crippen LogP contribution in [0.5, 0.6) is 0 Å². The van der Waals surface area contributed by atoms with Gasteiger partial charge in [-0.25, -0.2) is 9.97 Å². The van der Waals surface area contributed by atoms with Crippen molar-refractivity contribution in [1.82, 2.24) is 15.0 Å². The zero-order valence-corrected chi connectivity index (χ0v) is 30.4. The summed E-state index contributed by atoms with van der Waals surface area (Å²) in [5, 5.41) is 1.19. The Kier molecular flexibility index (Phi) is 8.04. The molecule has 1 saturated carbocycles. The third-order valence-electron chi connectivity index (χ3n) is 10.8. The van der Waals surface area contributed by atoms with Crippen molar-refractivity contribution >= 4 is 37.2 Å². The van der Waals surface area contributed by atoms with E-state index in [-0.39, 0.29) is 0 Å². The van der Waals surface area contributed by atoms with Crippen molar-refractivity contribution in [2.75, 3.05) is 0 Å². The number of fused-ring (bicyclic) bond motifs is 3. The van der Waals surface area contributed by atoms with Crippen LogP contribution in [0.25, 0.3) is 70.9 Å². The van der Waals surface area contributed by atoms with E-state index >= 15 is 0 Å². The molecule has 0 N–H and O–H groups in total. The molecule has 3 aliphatic carbocycles. The van der Waals surface area contributed by atoms with Gasteiger partial charge in [0.15, 0.2) is 5.82 Å². The highest BCUT2D eigenvalue weighted by Crippen LogP contribution is 2.53. The number of pyridine rings is 1. The molecule has 54 heavy (non-hydrogen) atoms. The molecule has 3 aliphatic rings. The number of benzene rings is 4. The Morgan fingerprint density at radius 1 is 0.667 bits per heavy atom. The number of rotatable bonds is 7. The molecule has 4 heteroatoms. The highest BCUT2D eigenvalue weighted by Gasteiger charge is 2.39. The molecule has 0 radical (unpaired) electrons. The third-order valence-corrected chi connectivity index (χ3v) is 12.0. The van der Waals surface area contributed by atoms with Crippen molar-refractivity contribution in [2.24, 2.45) is 11.8 Å². The fourth-order valence-electron chi connectivity index (χ4n) is 8.31. The van der Waals surface area contributed by atoms with Gasteiger partial charge < -0.3 is 0 Å². The Morgan fingerprint density at radius 2 is 1.39 bits per heavy atom. The Morgan fingerprint density at radius 3 is 2.17 bits per heavy atom. The first-order chi connectivity index (χ1) is 26.7. The van der Waals surface area contributed by atoms with E-state index in [0.717, 1.165) is 56.7 Å². The molecule has 256 valence electrons. The van der Waals surface area contributed by atoms with Crippen LogP contribution in [0.15, 0.2) is 199 Å². The standard InChI is InChI=1S/C50H35N3S/c1-2-3-6-18-34-27-35-19-13-21-42-39(23-24-40(34)47(35)42)36-28-37(41-25-26-51-48-43-20-11-12-22-46(43)54-49(41)48)30-38(29-36)50-52-44(32-14-7-4-8-15-32)31-45(53-50)33-16-9-5-10-17-33/h2-26,28-31,35,47H,1,27H2/b6-3-,34-18+. The molecule has 7 aromatic rings. The smallest absolute Gasteiger partial charge is 0.160 e. The molecule has 0 amide bonds. The van der Waals surface area contributed by atoms with Gasteiger partial charge in [-0.15, -0.1) is 11.3 Å². The molecule has 3 heterocycles. The van der Waals surface area contributed by atoms with Gasteiger partial charge in [-0.3, -0.25) is 4.98 Å². The summed E-state index contributed by atoms with van der Waals surface area (Å²) in [6.45, 7) is 3.86. The van der Waals surface area contributed by atoms with Crippen LogP contribution in [-0.4, -0.2) is 15.0 Å². The van der Waals surface area contributed by atoms with Crippen molar-refractivity contribution in [1.29, 1.82) is 0 Å². The molecule has 2 atom stereocenters. The lowest BCUT2D eigenvalue weighted by Gasteiger charge is -2.29. The van der Waals surface area contributed by atoms with Crippen molar-refractivity contribution in [3.63, 3.8) is 0 Å². The van der Waals surface area contributed by atoms with Crippen molar-refractivity contribution < 1.29 is 0 Å². The van der Waals surface area contributed by atoms with Gasteiger partial charge in [-0.2, -0.15) is 0 Å². The maximum atomic E-state index is 5.28. The minimum Gasteiger partial charge on any atom is -0.255 e. The van der Waals surface area contributed by atoms with E-state index in [0.29, 0.717) is 17.7 Å². The van der Waals surface area contributed by atoms with Crippen molar-refractivity contribution in [3.8, 4) is 45.0 Å². The maximum Gasteiger partial charge on any atom is 0.160 e. The van der Waals surface area contributed by atoms with Crippen molar-refractivity contribution in [3.05, 3.63) is 205 Å². The van der Waals surface area contributed by atoms with E-state index in [4.69, 9.17) is 15.0 Å². The summed E-state index contributed by atoms with van der Waals surface area (Å²) in [5.41, 5.74) is 14.8. The van der Waals surface area contributed by atoms with E-state index < -0.39 is 0 Å². The zero-order chi connectivity index (χ0) is 36.0. The van der Waals surface area contributed by atoms with Crippen LogP contribution in [0.3, 0.4) is 0 Å². The summed E-state index contributed by atoms with van der Waals surface area (Å²) in [6, 6.07) is 40.6. The van der Waals surface area contributed by atoms with Crippen LogP contribution in [0.2, 0.25) is 0 Å². The van der Waals surface area contributed by atoms with Gasteiger partial charge in [0.25, 0.3) is 0 Å². The van der Waals surface area contributed by atoms with Gasteiger partial charge in [-0.1, -0.05) is 140 Å². The second-order valence-electron chi connectivity index (χ2n) is 14.0. The minimum absolute atomic E-state index is 0.322. The number of hydrogen-bond donors (Lipinski definition) is 0. The van der Waals surface area contributed by atoms with E-state index in [1.807, 2.05) is 30.5 Å². The van der Waals surface area contributed by atoms with Crippen LogP contribution >= 0.6 is 11.3 Å². The normalized spacial score (nSPS) is 18.2. The molecule has 0 saturated heterocycles. The molecule has 4 aromatic carbocycles. The number of hydrogen-bond acceptors (Lipinski definition) is 4. The zero-order valence-electron chi connectivity index (χ0n) is 29.6. The van der Waals surface area contributed by atoms with Gasteiger partial charge in [0.05, 0.1) is 21.6 Å². The Labute approximate surface area is 319 Å². The quantitative estimate of drug-likeness (QED) is 0.155. The van der Waals surface area contributed by atoms with Crippen LogP contribution in [0.4, 0.5) is 0 Å². The topological polar surface area (TPSA) is 38.7 Å². The first kappa shape index (κ1) is 32.2. The van der Waals surface area contributed by atoms with Gasteiger partial charge in [0, 0.05) is 44.5 Å². The Hall–Kier alpha value is -6.49. The Bertz CT molecular complexity index is 2750. The molecule has 2 unspecified atom stereocenters. The largest absolute Gasteiger partial charge is 0.255 e. The van der Waals surface area contributed by atoms with Crippen LogP contribution in [0.1, 0.15) is 12.0 Å². The minimum atomic E-state index is 0.322. The lowest BCUT2D eigenvalue weighted by molar-refractivity contribution is 0.579. The average Bonchev–Trinajstić information content (AvgIpc) is 3.80. The molecule has 1 fully saturated rings. The summed E-state index contributed by atoms with van der Waals surface area (Å²) in [6.07, 6.45) is 22.8.